The molecule has 2 N–H and O–H groups in total. The summed E-state index contributed by atoms with van der Waals surface area (Å²) in [5, 5.41) is 11.0. The highest BCUT2D eigenvalue weighted by atomic mass is 35.5. The molecule has 0 bridgehead atoms. The molecule has 0 atom stereocenters. The van der Waals surface area contributed by atoms with Crippen molar-refractivity contribution in [3.63, 3.8) is 0 Å². The van der Waals surface area contributed by atoms with E-state index < -0.39 is 0 Å². The maximum Gasteiger partial charge on any atom is 0.239 e. The third-order valence-corrected chi connectivity index (χ3v) is 3.21. The second kappa shape index (κ2) is 7.08. The van der Waals surface area contributed by atoms with Crippen molar-refractivity contribution < 1.29 is 9.59 Å². The third kappa shape index (κ3) is 4.19. The van der Waals surface area contributed by atoms with Crippen LogP contribution in [0, 0.1) is 0 Å². The van der Waals surface area contributed by atoms with Crippen molar-refractivity contribution in [1.29, 1.82) is 0 Å². The number of hydrogen-bond acceptors (Lipinski definition) is 3. The molecule has 1 heterocycles. The quantitative estimate of drug-likeness (QED) is 0.845. The van der Waals surface area contributed by atoms with Gasteiger partial charge >= 0.3 is 0 Å². The van der Waals surface area contributed by atoms with E-state index in [4.69, 9.17) is 11.6 Å². The summed E-state index contributed by atoms with van der Waals surface area (Å²) < 4.78 is 1.75. The van der Waals surface area contributed by atoms with Crippen LogP contribution in [-0.2, 0) is 16.1 Å². The van der Waals surface area contributed by atoms with Gasteiger partial charge in [0.15, 0.2) is 0 Å². The Morgan fingerprint density at radius 3 is 2.86 bits per heavy atom. The fourth-order valence-electron chi connectivity index (χ4n) is 1.97. The molecule has 6 nitrogen and oxygen atoms in total. The van der Waals surface area contributed by atoms with Gasteiger partial charge in [0.1, 0.15) is 0 Å². The van der Waals surface area contributed by atoms with Gasteiger partial charge in [-0.2, -0.15) is 5.10 Å². The van der Waals surface area contributed by atoms with Gasteiger partial charge in [-0.3, -0.25) is 14.3 Å². The van der Waals surface area contributed by atoms with Crippen molar-refractivity contribution in [1.82, 2.24) is 20.4 Å². The predicted molar refractivity (Wildman–Crippen MR) is 81.1 cm³/mol. The zero-order valence-corrected chi connectivity index (χ0v) is 12.5. The average molecular weight is 309 g/mol. The highest BCUT2D eigenvalue weighted by molar-refractivity contribution is 6.31. The van der Waals surface area contributed by atoms with Crippen LogP contribution in [0.25, 0.3) is 10.9 Å². The number of halogens is 1. The summed E-state index contributed by atoms with van der Waals surface area (Å²) >= 11 is 5.91. The normalized spacial score (nSPS) is 10.6. The summed E-state index contributed by atoms with van der Waals surface area (Å²) in [7, 11) is 0. The highest BCUT2D eigenvalue weighted by Crippen LogP contribution is 2.18. The van der Waals surface area contributed by atoms with Crippen LogP contribution in [0.5, 0.6) is 0 Å². The molecular weight excluding hydrogens is 292 g/mol. The Kier molecular flexibility index (Phi) is 5.16. The molecule has 2 aromatic rings. The predicted octanol–water partition coefficient (Wildman–Crippen LogP) is 1.33. The molecule has 2 amide bonds. The number of nitrogens with zero attached hydrogens (tertiary/aromatic N) is 2. The molecule has 0 aliphatic carbocycles. The number of aromatic nitrogens is 2. The van der Waals surface area contributed by atoms with Crippen molar-refractivity contribution in [3.05, 3.63) is 29.4 Å². The van der Waals surface area contributed by atoms with Crippen molar-refractivity contribution >= 4 is 34.3 Å². The third-order valence-electron chi connectivity index (χ3n) is 2.97. The Labute approximate surface area is 127 Å². The van der Waals surface area contributed by atoms with Crippen molar-refractivity contribution in [2.24, 2.45) is 0 Å². The largest absolute Gasteiger partial charge is 0.355 e. The summed E-state index contributed by atoms with van der Waals surface area (Å²) in [4.78, 5) is 22.9. The molecule has 0 saturated carbocycles. The minimum absolute atomic E-state index is 0.00212. The molecule has 0 spiro atoms. The van der Waals surface area contributed by atoms with Gasteiger partial charge in [-0.25, -0.2) is 0 Å². The summed E-state index contributed by atoms with van der Waals surface area (Å²) in [5.41, 5.74) is 0.927. The zero-order valence-electron chi connectivity index (χ0n) is 11.7. The van der Waals surface area contributed by atoms with Crippen LogP contribution < -0.4 is 10.6 Å². The first-order valence-electron chi connectivity index (χ1n) is 6.74. The number of amides is 2. The van der Waals surface area contributed by atoms with Crippen LogP contribution in [0.15, 0.2) is 24.4 Å². The molecule has 0 aliphatic heterocycles. The molecule has 112 valence electrons. The van der Waals surface area contributed by atoms with E-state index in [1.165, 1.54) is 0 Å². The summed E-state index contributed by atoms with van der Waals surface area (Å²) in [5.74, 6) is -0.371. The van der Waals surface area contributed by atoms with E-state index in [0.717, 1.165) is 10.9 Å². The molecule has 1 aromatic carbocycles. The number of carbonyl (C=O) groups is 2. The monoisotopic (exact) mass is 308 g/mol. The minimum atomic E-state index is -0.190. The van der Waals surface area contributed by atoms with Gasteiger partial charge in [-0.05, 0) is 25.1 Å². The SMILES string of the molecule is CCNC(=O)CNC(=O)CCn1ncc2cc(Cl)ccc21. The van der Waals surface area contributed by atoms with E-state index in [-0.39, 0.29) is 24.8 Å². The van der Waals surface area contributed by atoms with Crippen LogP contribution in [0.1, 0.15) is 13.3 Å². The summed E-state index contributed by atoms with van der Waals surface area (Å²) in [6.07, 6.45) is 1.98. The standard InChI is InChI=1S/C14H17ClN4O2/c1-2-16-14(21)9-17-13(20)5-6-19-12-4-3-11(15)7-10(12)8-18-19/h3-4,7-8H,2,5-6,9H2,1H3,(H,16,21)(H,17,20). The number of aryl methyl sites for hydroxylation is 1. The molecule has 21 heavy (non-hydrogen) atoms. The second-order valence-corrected chi connectivity index (χ2v) is 4.99. The van der Waals surface area contributed by atoms with E-state index in [9.17, 15) is 9.59 Å². The lowest BCUT2D eigenvalue weighted by Gasteiger charge is -2.06. The van der Waals surface area contributed by atoms with E-state index >= 15 is 0 Å². The first-order chi connectivity index (χ1) is 10.1. The number of carbonyl (C=O) groups excluding carboxylic acids is 2. The second-order valence-electron chi connectivity index (χ2n) is 4.55. The Morgan fingerprint density at radius 1 is 1.29 bits per heavy atom. The number of benzene rings is 1. The molecule has 0 saturated heterocycles. The Balaban J connectivity index is 1.87. The molecule has 1 aromatic heterocycles. The van der Waals surface area contributed by atoms with Crippen molar-refractivity contribution in [3.8, 4) is 0 Å². The lowest BCUT2D eigenvalue weighted by Crippen LogP contribution is -2.37. The number of rotatable bonds is 6. The molecule has 0 radical (unpaired) electrons. The molecule has 7 heteroatoms. The number of nitrogens with one attached hydrogen (secondary N) is 2. The van der Waals surface area contributed by atoms with Crippen LogP contribution >= 0.6 is 11.6 Å². The number of likely N-dealkylation sites (N-methyl/N-ethyl adjacent to an activating group) is 1. The van der Waals surface area contributed by atoms with E-state index in [0.29, 0.717) is 18.1 Å². The maximum atomic E-state index is 11.7. The van der Waals surface area contributed by atoms with E-state index in [1.54, 1.807) is 16.9 Å². The maximum absolute atomic E-state index is 11.7. The molecular formula is C14H17ClN4O2. The molecule has 0 fully saturated rings. The smallest absolute Gasteiger partial charge is 0.239 e. The van der Waals surface area contributed by atoms with Gasteiger partial charge in [0.2, 0.25) is 11.8 Å². The lowest BCUT2D eigenvalue weighted by atomic mass is 10.2. The van der Waals surface area contributed by atoms with Crippen LogP contribution in [0.4, 0.5) is 0 Å². The van der Waals surface area contributed by atoms with Gasteiger partial charge in [-0.1, -0.05) is 11.6 Å². The van der Waals surface area contributed by atoms with Gasteiger partial charge in [-0.15, -0.1) is 0 Å². The summed E-state index contributed by atoms with van der Waals surface area (Å²) in [6.45, 7) is 2.83. The van der Waals surface area contributed by atoms with Gasteiger partial charge < -0.3 is 10.6 Å². The highest BCUT2D eigenvalue weighted by Gasteiger charge is 2.07. The van der Waals surface area contributed by atoms with Gasteiger partial charge in [0.05, 0.1) is 24.8 Å². The van der Waals surface area contributed by atoms with Gasteiger partial charge in [0, 0.05) is 23.4 Å². The Hall–Kier alpha value is -2.08. The van der Waals surface area contributed by atoms with E-state index in [2.05, 4.69) is 15.7 Å². The van der Waals surface area contributed by atoms with Crippen LogP contribution in [-0.4, -0.2) is 34.7 Å². The Bertz CT molecular complexity index is 653. The molecule has 0 unspecified atom stereocenters. The van der Waals surface area contributed by atoms with E-state index in [1.807, 2.05) is 19.1 Å². The lowest BCUT2D eigenvalue weighted by molar-refractivity contribution is -0.126. The fourth-order valence-corrected chi connectivity index (χ4v) is 2.15. The van der Waals surface area contributed by atoms with Crippen molar-refractivity contribution in [2.75, 3.05) is 13.1 Å². The minimum Gasteiger partial charge on any atom is -0.355 e. The molecule has 0 aliphatic rings. The first kappa shape index (κ1) is 15.3. The number of hydrogen-bond donors (Lipinski definition) is 2. The average Bonchev–Trinajstić information content (AvgIpc) is 2.85. The van der Waals surface area contributed by atoms with Crippen LogP contribution in [0.2, 0.25) is 5.02 Å². The Morgan fingerprint density at radius 2 is 2.10 bits per heavy atom. The van der Waals surface area contributed by atoms with Crippen molar-refractivity contribution in [2.45, 2.75) is 19.9 Å². The topological polar surface area (TPSA) is 76.0 Å². The van der Waals surface area contributed by atoms with Gasteiger partial charge in [0.25, 0.3) is 0 Å². The summed E-state index contributed by atoms with van der Waals surface area (Å²) in [6, 6.07) is 5.49. The molecule has 2 rings (SSSR count). The fraction of sp³-hybridized carbons (Fsp3) is 0.357. The first-order valence-corrected chi connectivity index (χ1v) is 7.12. The van der Waals surface area contributed by atoms with Crippen LogP contribution in [0.3, 0.4) is 0 Å². The number of fused-ring (bicyclic) bond motifs is 1. The zero-order chi connectivity index (χ0) is 15.2.